The highest BCUT2D eigenvalue weighted by Crippen LogP contribution is 2.24. The van der Waals surface area contributed by atoms with E-state index in [4.69, 9.17) is 0 Å². The molecule has 1 aromatic heterocycles. The average Bonchev–Trinajstić information content (AvgIpc) is 3.16. The SMILES string of the molecule is CCc1ccc(-c2nc(S[C@H](C)C(=O)N(C)Cc3ccccc3)n[nH]2)cc1. The molecule has 5 nitrogen and oxygen atoms in total. The summed E-state index contributed by atoms with van der Waals surface area (Å²) in [7, 11) is 1.82. The highest BCUT2D eigenvalue weighted by atomic mass is 32.2. The first-order valence-corrected chi connectivity index (χ1v) is 9.92. The maximum absolute atomic E-state index is 12.6. The number of aromatic amines is 1. The molecule has 3 rings (SSSR count). The summed E-state index contributed by atoms with van der Waals surface area (Å²) in [6, 6.07) is 18.2. The average molecular weight is 381 g/mol. The van der Waals surface area contributed by atoms with Crippen molar-refractivity contribution in [1.29, 1.82) is 0 Å². The Kier molecular flexibility index (Phi) is 6.29. The normalized spacial score (nSPS) is 12.0. The van der Waals surface area contributed by atoms with Gasteiger partial charge in [-0.05, 0) is 24.5 Å². The first-order valence-electron chi connectivity index (χ1n) is 9.04. The molecule has 140 valence electrons. The Morgan fingerprint density at radius 3 is 2.48 bits per heavy atom. The number of nitrogens with one attached hydrogen (secondary N) is 1. The van der Waals surface area contributed by atoms with Crippen LogP contribution in [-0.4, -0.2) is 38.3 Å². The van der Waals surface area contributed by atoms with Gasteiger partial charge in [0.05, 0.1) is 5.25 Å². The molecule has 0 aliphatic rings. The fourth-order valence-corrected chi connectivity index (χ4v) is 3.62. The minimum absolute atomic E-state index is 0.0579. The number of aryl methyl sites for hydroxylation is 1. The van der Waals surface area contributed by atoms with Crippen molar-refractivity contribution in [1.82, 2.24) is 20.1 Å². The van der Waals surface area contributed by atoms with Crippen molar-refractivity contribution in [3.63, 3.8) is 0 Å². The maximum Gasteiger partial charge on any atom is 0.235 e. The summed E-state index contributed by atoms with van der Waals surface area (Å²) in [4.78, 5) is 18.9. The Balaban J connectivity index is 1.61. The van der Waals surface area contributed by atoms with E-state index < -0.39 is 0 Å². The molecule has 0 aliphatic carbocycles. The summed E-state index contributed by atoms with van der Waals surface area (Å²) >= 11 is 1.37. The lowest BCUT2D eigenvalue weighted by molar-refractivity contribution is -0.129. The van der Waals surface area contributed by atoms with E-state index in [2.05, 4.69) is 34.2 Å². The minimum Gasteiger partial charge on any atom is -0.340 e. The molecule has 1 N–H and O–H groups in total. The third-order valence-corrected chi connectivity index (χ3v) is 5.32. The standard InChI is InChI=1S/C21H24N4OS/c1-4-16-10-12-18(13-11-16)19-22-21(24-23-19)27-15(2)20(26)25(3)14-17-8-6-5-7-9-17/h5-13,15H,4,14H2,1-3H3,(H,22,23,24)/t15-/m1/s1. The second-order valence-electron chi connectivity index (χ2n) is 6.46. The number of amides is 1. The molecule has 2 aromatic carbocycles. The van der Waals surface area contributed by atoms with Crippen molar-refractivity contribution in [2.75, 3.05) is 7.05 Å². The van der Waals surface area contributed by atoms with Crippen LogP contribution in [0.25, 0.3) is 11.4 Å². The van der Waals surface area contributed by atoms with E-state index in [0.717, 1.165) is 23.4 Å². The van der Waals surface area contributed by atoms with Crippen LogP contribution in [0.3, 0.4) is 0 Å². The van der Waals surface area contributed by atoms with Gasteiger partial charge in [-0.1, -0.05) is 73.3 Å². The molecule has 1 atom stereocenters. The van der Waals surface area contributed by atoms with Crippen LogP contribution in [0.4, 0.5) is 0 Å². The van der Waals surface area contributed by atoms with Crippen LogP contribution in [0.5, 0.6) is 0 Å². The van der Waals surface area contributed by atoms with E-state index in [9.17, 15) is 4.79 Å². The number of rotatable bonds is 7. The zero-order valence-corrected chi connectivity index (χ0v) is 16.7. The zero-order chi connectivity index (χ0) is 19.2. The molecule has 1 heterocycles. The van der Waals surface area contributed by atoms with Gasteiger partial charge in [0.2, 0.25) is 11.1 Å². The summed E-state index contributed by atoms with van der Waals surface area (Å²) in [6.45, 7) is 4.61. The number of H-pyrrole nitrogens is 1. The van der Waals surface area contributed by atoms with E-state index in [1.54, 1.807) is 4.90 Å². The molecule has 0 radical (unpaired) electrons. The van der Waals surface area contributed by atoms with Crippen LogP contribution < -0.4 is 0 Å². The molecule has 6 heteroatoms. The van der Waals surface area contributed by atoms with Gasteiger partial charge >= 0.3 is 0 Å². The molecule has 0 aliphatic heterocycles. The third kappa shape index (κ3) is 4.98. The number of hydrogen-bond donors (Lipinski definition) is 1. The van der Waals surface area contributed by atoms with Gasteiger partial charge in [0.15, 0.2) is 5.82 Å². The molecular weight excluding hydrogens is 356 g/mol. The second-order valence-corrected chi connectivity index (χ2v) is 7.77. The number of aromatic nitrogens is 3. The molecule has 0 saturated heterocycles. The Morgan fingerprint density at radius 1 is 1.11 bits per heavy atom. The molecule has 1 amide bonds. The minimum atomic E-state index is -0.259. The lowest BCUT2D eigenvalue weighted by Crippen LogP contribution is -2.32. The highest BCUT2D eigenvalue weighted by molar-refractivity contribution is 8.00. The summed E-state index contributed by atoms with van der Waals surface area (Å²) in [5.74, 6) is 0.778. The van der Waals surface area contributed by atoms with Crippen LogP contribution in [0.2, 0.25) is 0 Å². The number of thioether (sulfide) groups is 1. The quantitative estimate of drug-likeness (QED) is 0.625. The number of nitrogens with zero attached hydrogens (tertiary/aromatic N) is 3. The third-order valence-electron chi connectivity index (χ3n) is 4.37. The highest BCUT2D eigenvalue weighted by Gasteiger charge is 2.21. The first-order chi connectivity index (χ1) is 13.1. The molecule has 0 saturated carbocycles. The van der Waals surface area contributed by atoms with Crippen LogP contribution >= 0.6 is 11.8 Å². The Morgan fingerprint density at radius 2 is 1.81 bits per heavy atom. The monoisotopic (exact) mass is 380 g/mol. The van der Waals surface area contributed by atoms with Gasteiger partial charge in [-0.2, -0.15) is 0 Å². The molecule has 0 fully saturated rings. The molecule has 3 aromatic rings. The maximum atomic E-state index is 12.6. The topological polar surface area (TPSA) is 61.9 Å². The molecule has 0 unspecified atom stereocenters. The summed E-state index contributed by atoms with van der Waals surface area (Å²) < 4.78 is 0. The van der Waals surface area contributed by atoms with Crippen molar-refractivity contribution < 1.29 is 4.79 Å². The van der Waals surface area contributed by atoms with Crippen molar-refractivity contribution in [2.24, 2.45) is 0 Å². The van der Waals surface area contributed by atoms with Gasteiger partial charge in [-0.25, -0.2) is 4.98 Å². The van der Waals surface area contributed by atoms with Gasteiger partial charge in [0.25, 0.3) is 0 Å². The van der Waals surface area contributed by atoms with Gasteiger partial charge in [0.1, 0.15) is 0 Å². The lowest BCUT2D eigenvalue weighted by atomic mass is 10.1. The van der Waals surface area contributed by atoms with Crippen molar-refractivity contribution in [3.05, 3.63) is 65.7 Å². The Hall–Kier alpha value is -2.60. The van der Waals surface area contributed by atoms with Gasteiger partial charge in [-0.15, -0.1) is 5.10 Å². The predicted octanol–water partition coefficient (Wildman–Crippen LogP) is 4.17. The number of carbonyl (C=O) groups excluding carboxylic acids is 1. The van der Waals surface area contributed by atoms with Crippen LogP contribution in [-0.2, 0) is 17.8 Å². The van der Waals surface area contributed by atoms with E-state index in [0.29, 0.717) is 11.7 Å². The first kappa shape index (κ1) is 19.2. The summed E-state index contributed by atoms with van der Waals surface area (Å²) in [5.41, 5.74) is 3.39. The van der Waals surface area contributed by atoms with E-state index in [1.807, 2.05) is 56.4 Å². The molecule has 0 bridgehead atoms. The molecule has 27 heavy (non-hydrogen) atoms. The largest absolute Gasteiger partial charge is 0.340 e. The number of hydrogen-bond acceptors (Lipinski definition) is 4. The van der Waals surface area contributed by atoms with E-state index in [1.165, 1.54) is 17.3 Å². The van der Waals surface area contributed by atoms with E-state index in [-0.39, 0.29) is 11.2 Å². The van der Waals surface area contributed by atoms with Crippen molar-refractivity contribution in [3.8, 4) is 11.4 Å². The predicted molar refractivity (Wildman–Crippen MR) is 109 cm³/mol. The molecular formula is C21H24N4OS. The van der Waals surface area contributed by atoms with Gasteiger partial charge in [-0.3, -0.25) is 9.89 Å². The fourth-order valence-electron chi connectivity index (χ4n) is 2.78. The Labute approximate surface area is 164 Å². The fraction of sp³-hybridized carbons (Fsp3) is 0.286. The molecule has 0 spiro atoms. The van der Waals surface area contributed by atoms with Crippen molar-refractivity contribution >= 4 is 17.7 Å². The van der Waals surface area contributed by atoms with Crippen LogP contribution in [0.15, 0.2) is 59.8 Å². The van der Waals surface area contributed by atoms with Gasteiger partial charge in [0, 0.05) is 19.2 Å². The van der Waals surface area contributed by atoms with E-state index >= 15 is 0 Å². The lowest BCUT2D eigenvalue weighted by Gasteiger charge is -2.20. The number of benzene rings is 2. The zero-order valence-electron chi connectivity index (χ0n) is 15.8. The second kappa shape index (κ2) is 8.86. The van der Waals surface area contributed by atoms with Crippen LogP contribution in [0, 0.1) is 0 Å². The summed E-state index contributed by atoms with van der Waals surface area (Å²) in [6.07, 6.45) is 1.01. The Bertz CT molecular complexity index is 877. The van der Waals surface area contributed by atoms with Crippen LogP contribution in [0.1, 0.15) is 25.0 Å². The van der Waals surface area contributed by atoms with Crippen molar-refractivity contribution in [2.45, 2.75) is 37.2 Å². The van der Waals surface area contributed by atoms with Gasteiger partial charge < -0.3 is 4.90 Å². The smallest absolute Gasteiger partial charge is 0.235 e. The number of carbonyl (C=O) groups is 1. The summed E-state index contributed by atoms with van der Waals surface area (Å²) in [5, 5.41) is 7.55.